The van der Waals surface area contributed by atoms with Gasteiger partial charge in [-0.2, -0.15) is 5.10 Å². The monoisotopic (exact) mass is 191 g/mol. The second-order valence-corrected chi connectivity index (χ2v) is 3.23. The molecule has 1 N–H and O–H groups in total. The summed E-state index contributed by atoms with van der Waals surface area (Å²) in [6.45, 7) is 5.77. The Morgan fingerprint density at radius 2 is 2.36 bits per heavy atom. The molecule has 1 aromatic heterocycles. The van der Waals surface area contributed by atoms with Crippen LogP contribution in [0.3, 0.4) is 0 Å². The lowest BCUT2D eigenvalue weighted by Crippen LogP contribution is -2.14. The summed E-state index contributed by atoms with van der Waals surface area (Å²) in [7, 11) is 1.96. The lowest BCUT2D eigenvalue weighted by molar-refractivity contribution is 0.691. The Bertz CT molecular complexity index is 341. The normalized spacial score (nSPS) is 9.64. The minimum atomic E-state index is 0.880. The molecule has 1 aromatic rings. The van der Waals surface area contributed by atoms with E-state index in [1.807, 2.05) is 24.9 Å². The summed E-state index contributed by atoms with van der Waals surface area (Å²) >= 11 is 0. The van der Waals surface area contributed by atoms with E-state index in [0.717, 1.165) is 19.5 Å². The molecule has 0 aromatic carbocycles. The Labute approximate surface area is 85.5 Å². The number of hydrogen-bond acceptors (Lipinski definition) is 2. The fourth-order valence-corrected chi connectivity index (χ4v) is 1.22. The Hall–Kier alpha value is -1.27. The van der Waals surface area contributed by atoms with Crippen molar-refractivity contribution in [3.8, 4) is 11.8 Å². The molecule has 0 fully saturated rings. The first kappa shape index (κ1) is 10.8. The summed E-state index contributed by atoms with van der Waals surface area (Å²) in [5.41, 5.74) is 2.48. The van der Waals surface area contributed by atoms with E-state index in [1.165, 1.54) is 11.3 Å². The molecular weight excluding hydrogens is 174 g/mol. The SMILES string of the molecule is CC#CCCNCc1cnn(C)c1C. The largest absolute Gasteiger partial charge is 0.312 e. The van der Waals surface area contributed by atoms with E-state index in [4.69, 9.17) is 0 Å². The maximum absolute atomic E-state index is 4.18. The maximum atomic E-state index is 4.18. The molecule has 0 amide bonds. The highest BCUT2D eigenvalue weighted by atomic mass is 15.3. The van der Waals surface area contributed by atoms with E-state index in [2.05, 4.69) is 29.2 Å². The zero-order valence-electron chi connectivity index (χ0n) is 9.09. The van der Waals surface area contributed by atoms with Gasteiger partial charge in [0.15, 0.2) is 0 Å². The van der Waals surface area contributed by atoms with E-state index >= 15 is 0 Å². The molecule has 0 aliphatic rings. The van der Waals surface area contributed by atoms with Gasteiger partial charge in [-0.25, -0.2) is 0 Å². The molecule has 0 bridgehead atoms. The van der Waals surface area contributed by atoms with Gasteiger partial charge in [-0.3, -0.25) is 4.68 Å². The van der Waals surface area contributed by atoms with Crippen LogP contribution in [0.4, 0.5) is 0 Å². The molecule has 0 unspecified atom stereocenters. The average molecular weight is 191 g/mol. The number of nitrogens with one attached hydrogen (secondary N) is 1. The predicted molar refractivity (Wildman–Crippen MR) is 57.7 cm³/mol. The molecule has 0 atom stereocenters. The van der Waals surface area contributed by atoms with Crippen LogP contribution >= 0.6 is 0 Å². The van der Waals surface area contributed by atoms with E-state index in [0.29, 0.717) is 0 Å². The van der Waals surface area contributed by atoms with Crippen LogP contribution in [0.25, 0.3) is 0 Å². The number of rotatable bonds is 4. The zero-order chi connectivity index (χ0) is 10.4. The van der Waals surface area contributed by atoms with Crippen LogP contribution in [0.2, 0.25) is 0 Å². The molecule has 0 radical (unpaired) electrons. The minimum absolute atomic E-state index is 0.880. The van der Waals surface area contributed by atoms with Crippen molar-refractivity contribution in [2.45, 2.75) is 26.8 Å². The summed E-state index contributed by atoms with van der Waals surface area (Å²) in [6.07, 6.45) is 2.82. The second kappa shape index (κ2) is 5.46. The van der Waals surface area contributed by atoms with Crippen molar-refractivity contribution in [2.75, 3.05) is 6.54 Å². The van der Waals surface area contributed by atoms with Crippen LogP contribution in [0.15, 0.2) is 6.20 Å². The predicted octanol–water partition coefficient (Wildman–Crippen LogP) is 1.23. The lowest BCUT2D eigenvalue weighted by atomic mass is 10.2. The quantitative estimate of drug-likeness (QED) is 0.573. The highest BCUT2D eigenvalue weighted by molar-refractivity contribution is 5.15. The Morgan fingerprint density at radius 3 is 2.93 bits per heavy atom. The average Bonchev–Trinajstić information content (AvgIpc) is 2.49. The third-order valence-corrected chi connectivity index (χ3v) is 2.26. The van der Waals surface area contributed by atoms with Gasteiger partial charge in [-0.05, 0) is 13.8 Å². The van der Waals surface area contributed by atoms with Gasteiger partial charge in [-0.1, -0.05) is 0 Å². The summed E-state index contributed by atoms with van der Waals surface area (Å²) in [5.74, 6) is 5.90. The summed E-state index contributed by atoms with van der Waals surface area (Å²) < 4.78 is 1.89. The van der Waals surface area contributed by atoms with Crippen LogP contribution in [0.5, 0.6) is 0 Å². The van der Waals surface area contributed by atoms with Crippen molar-refractivity contribution in [3.05, 3.63) is 17.5 Å². The number of hydrogen-bond donors (Lipinski definition) is 1. The first-order valence-corrected chi connectivity index (χ1v) is 4.83. The maximum Gasteiger partial charge on any atom is 0.0537 e. The van der Waals surface area contributed by atoms with Crippen LogP contribution in [0, 0.1) is 18.8 Å². The van der Waals surface area contributed by atoms with Crippen LogP contribution in [0.1, 0.15) is 24.6 Å². The Kier molecular flexibility index (Phi) is 4.21. The third-order valence-electron chi connectivity index (χ3n) is 2.26. The first-order valence-electron chi connectivity index (χ1n) is 4.83. The van der Waals surface area contributed by atoms with Crippen LogP contribution in [-0.2, 0) is 13.6 Å². The van der Waals surface area contributed by atoms with Crippen molar-refractivity contribution >= 4 is 0 Å². The van der Waals surface area contributed by atoms with Gasteiger partial charge < -0.3 is 5.32 Å². The van der Waals surface area contributed by atoms with Gasteiger partial charge in [-0.15, -0.1) is 11.8 Å². The van der Waals surface area contributed by atoms with Gasteiger partial charge >= 0.3 is 0 Å². The molecule has 0 aliphatic heterocycles. The van der Waals surface area contributed by atoms with Crippen molar-refractivity contribution in [1.82, 2.24) is 15.1 Å². The molecule has 0 spiro atoms. The molecule has 3 nitrogen and oxygen atoms in total. The second-order valence-electron chi connectivity index (χ2n) is 3.23. The molecule has 1 rings (SSSR count). The van der Waals surface area contributed by atoms with E-state index < -0.39 is 0 Å². The van der Waals surface area contributed by atoms with Gasteiger partial charge in [0.2, 0.25) is 0 Å². The zero-order valence-corrected chi connectivity index (χ0v) is 9.09. The number of aryl methyl sites for hydroxylation is 1. The smallest absolute Gasteiger partial charge is 0.0537 e. The summed E-state index contributed by atoms with van der Waals surface area (Å²) in [5, 5.41) is 7.51. The molecule has 1 heterocycles. The van der Waals surface area contributed by atoms with Gasteiger partial charge in [0, 0.05) is 37.8 Å². The molecule has 3 heteroatoms. The Morgan fingerprint density at radius 1 is 1.57 bits per heavy atom. The van der Waals surface area contributed by atoms with Crippen molar-refractivity contribution in [2.24, 2.45) is 7.05 Å². The van der Waals surface area contributed by atoms with Gasteiger partial charge in [0.1, 0.15) is 0 Å². The van der Waals surface area contributed by atoms with Crippen LogP contribution < -0.4 is 5.32 Å². The highest BCUT2D eigenvalue weighted by Crippen LogP contribution is 2.04. The minimum Gasteiger partial charge on any atom is -0.312 e. The topological polar surface area (TPSA) is 29.9 Å². The molecule has 14 heavy (non-hydrogen) atoms. The van der Waals surface area contributed by atoms with Gasteiger partial charge in [0.05, 0.1) is 6.20 Å². The third kappa shape index (κ3) is 2.90. The molecule has 0 saturated heterocycles. The number of nitrogens with zero attached hydrogens (tertiary/aromatic N) is 2. The Balaban J connectivity index is 2.30. The standard InChI is InChI=1S/C11H17N3/c1-4-5-6-7-12-8-11-9-13-14(3)10(11)2/h9,12H,6-8H2,1-3H3. The lowest BCUT2D eigenvalue weighted by Gasteiger charge is -2.01. The summed E-state index contributed by atoms with van der Waals surface area (Å²) in [6, 6.07) is 0. The summed E-state index contributed by atoms with van der Waals surface area (Å²) in [4.78, 5) is 0. The fraction of sp³-hybridized carbons (Fsp3) is 0.545. The van der Waals surface area contributed by atoms with E-state index in [-0.39, 0.29) is 0 Å². The molecular formula is C11H17N3. The first-order chi connectivity index (χ1) is 6.75. The van der Waals surface area contributed by atoms with E-state index in [9.17, 15) is 0 Å². The number of aromatic nitrogens is 2. The van der Waals surface area contributed by atoms with Crippen molar-refractivity contribution in [3.63, 3.8) is 0 Å². The van der Waals surface area contributed by atoms with Crippen molar-refractivity contribution in [1.29, 1.82) is 0 Å². The highest BCUT2D eigenvalue weighted by Gasteiger charge is 2.01. The van der Waals surface area contributed by atoms with Gasteiger partial charge in [0.25, 0.3) is 0 Å². The fourth-order valence-electron chi connectivity index (χ4n) is 1.22. The molecule has 0 saturated carbocycles. The van der Waals surface area contributed by atoms with E-state index in [1.54, 1.807) is 0 Å². The molecule has 0 aliphatic carbocycles. The van der Waals surface area contributed by atoms with Crippen LogP contribution in [-0.4, -0.2) is 16.3 Å². The molecule has 76 valence electrons. The van der Waals surface area contributed by atoms with Crippen molar-refractivity contribution < 1.29 is 0 Å².